The fourth-order valence-electron chi connectivity index (χ4n) is 2.57. The summed E-state index contributed by atoms with van der Waals surface area (Å²) >= 11 is 11.8. The Bertz CT molecular complexity index is 508. The summed E-state index contributed by atoms with van der Waals surface area (Å²) in [6.45, 7) is 1.56. The number of nitrogens with zero attached hydrogens (tertiary/aromatic N) is 2. The van der Waals surface area contributed by atoms with Gasteiger partial charge < -0.3 is 15.1 Å². The molecule has 1 aromatic carbocycles. The van der Waals surface area contributed by atoms with E-state index in [0.717, 1.165) is 32.4 Å². The van der Waals surface area contributed by atoms with Gasteiger partial charge in [-0.2, -0.15) is 0 Å². The number of carbonyl (C=O) groups is 1. The highest BCUT2D eigenvalue weighted by atomic mass is 35.5. The molecule has 1 aliphatic rings. The van der Waals surface area contributed by atoms with Gasteiger partial charge in [0.15, 0.2) is 0 Å². The van der Waals surface area contributed by atoms with Gasteiger partial charge in [0, 0.05) is 24.8 Å². The fourth-order valence-corrected chi connectivity index (χ4v) is 2.87. The van der Waals surface area contributed by atoms with Crippen LogP contribution in [0.1, 0.15) is 19.3 Å². The molecule has 0 radical (unpaired) electrons. The third kappa shape index (κ3) is 4.50. The van der Waals surface area contributed by atoms with Crippen molar-refractivity contribution in [2.45, 2.75) is 25.3 Å². The molecule has 0 unspecified atom stereocenters. The zero-order valence-electron chi connectivity index (χ0n) is 12.4. The predicted molar refractivity (Wildman–Crippen MR) is 88.4 cm³/mol. The number of likely N-dealkylation sites (tertiary alicyclic amines) is 1. The van der Waals surface area contributed by atoms with Crippen molar-refractivity contribution in [3.63, 3.8) is 0 Å². The zero-order valence-corrected chi connectivity index (χ0v) is 13.9. The Morgan fingerprint density at radius 1 is 1.24 bits per heavy atom. The molecule has 116 valence electrons. The monoisotopic (exact) mass is 329 g/mol. The number of urea groups is 1. The minimum Gasteiger partial charge on any atom is -0.324 e. The van der Waals surface area contributed by atoms with Crippen molar-refractivity contribution in [1.82, 2.24) is 9.80 Å². The molecule has 1 aromatic rings. The number of amides is 2. The van der Waals surface area contributed by atoms with Crippen LogP contribution in [0, 0.1) is 0 Å². The summed E-state index contributed by atoms with van der Waals surface area (Å²) in [6.07, 6.45) is 3.16. The molecule has 0 aromatic heterocycles. The number of benzene rings is 1. The van der Waals surface area contributed by atoms with Gasteiger partial charge in [-0.25, -0.2) is 4.79 Å². The molecule has 1 aliphatic heterocycles. The second-order valence-corrected chi connectivity index (χ2v) is 6.41. The second kappa shape index (κ2) is 7.34. The highest BCUT2D eigenvalue weighted by molar-refractivity contribution is 6.42. The van der Waals surface area contributed by atoms with E-state index in [1.807, 2.05) is 4.90 Å². The van der Waals surface area contributed by atoms with Crippen LogP contribution in [0.5, 0.6) is 0 Å². The molecular weight excluding hydrogens is 309 g/mol. The van der Waals surface area contributed by atoms with Gasteiger partial charge in [-0.05, 0) is 51.6 Å². The molecule has 4 nitrogen and oxygen atoms in total. The quantitative estimate of drug-likeness (QED) is 0.891. The largest absolute Gasteiger partial charge is 0.324 e. The highest BCUT2D eigenvalue weighted by Gasteiger charge is 2.21. The molecule has 6 heteroatoms. The average Bonchev–Trinajstić information content (AvgIpc) is 2.69. The molecule has 1 atom stereocenters. The summed E-state index contributed by atoms with van der Waals surface area (Å²) in [7, 11) is 4.19. The van der Waals surface area contributed by atoms with Crippen LogP contribution in [0.25, 0.3) is 0 Å². The first-order valence-electron chi connectivity index (χ1n) is 7.15. The van der Waals surface area contributed by atoms with Crippen LogP contribution < -0.4 is 5.32 Å². The molecule has 2 amide bonds. The van der Waals surface area contributed by atoms with E-state index in [2.05, 4.69) is 24.3 Å². The second-order valence-electron chi connectivity index (χ2n) is 5.59. The lowest BCUT2D eigenvalue weighted by molar-refractivity contribution is 0.210. The normalized spacial score (nSPS) is 19.5. The predicted octanol–water partition coefficient (Wildman–Crippen LogP) is 3.94. The van der Waals surface area contributed by atoms with Gasteiger partial charge in [-0.3, -0.25) is 0 Å². The Morgan fingerprint density at radius 2 is 2.00 bits per heavy atom. The Morgan fingerprint density at radius 3 is 2.67 bits per heavy atom. The van der Waals surface area contributed by atoms with Gasteiger partial charge in [0.2, 0.25) is 0 Å². The number of hydrogen-bond donors (Lipinski definition) is 1. The summed E-state index contributed by atoms with van der Waals surface area (Å²) in [6, 6.07) is 5.58. The van der Waals surface area contributed by atoms with E-state index in [9.17, 15) is 4.79 Å². The number of carbonyl (C=O) groups excluding carboxylic acids is 1. The van der Waals surface area contributed by atoms with Crippen LogP contribution in [0.2, 0.25) is 10.0 Å². The minimum absolute atomic E-state index is 0.0761. The van der Waals surface area contributed by atoms with Crippen molar-refractivity contribution in [3.05, 3.63) is 28.2 Å². The maximum atomic E-state index is 12.3. The van der Waals surface area contributed by atoms with Crippen molar-refractivity contribution in [2.24, 2.45) is 0 Å². The maximum Gasteiger partial charge on any atom is 0.321 e. The summed E-state index contributed by atoms with van der Waals surface area (Å²) < 4.78 is 0. The Balaban J connectivity index is 1.95. The van der Waals surface area contributed by atoms with Crippen molar-refractivity contribution in [2.75, 3.05) is 32.5 Å². The summed E-state index contributed by atoms with van der Waals surface area (Å²) in [5, 5.41) is 3.81. The molecule has 0 bridgehead atoms. The van der Waals surface area contributed by atoms with Crippen molar-refractivity contribution >= 4 is 34.9 Å². The lowest BCUT2D eigenvalue weighted by Gasteiger charge is -2.23. The molecule has 1 saturated heterocycles. The number of rotatable bonds is 2. The third-order valence-electron chi connectivity index (χ3n) is 3.89. The summed E-state index contributed by atoms with van der Waals surface area (Å²) in [4.78, 5) is 16.4. The van der Waals surface area contributed by atoms with Crippen LogP contribution in [0.4, 0.5) is 10.5 Å². The smallest absolute Gasteiger partial charge is 0.321 e. The molecule has 0 spiro atoms. The van der Waals surface area contributed by atoms with Gasteiger partial charge in [0.1, 0.15) is 0 Å². The van der Waals surface area contributed by atoms with E-state index in [4.69, 9.17) is 23.2 Å². The number of nitrogens with one attached hydrogen (secondary N) is 1. The molecule has 1 N–H and O–H groups in total. The number of hydrogen-bond acceptors (Lipinski definition) is 2. The average molecular weight is 330 g/mol. The molecule has 0 saturated carbocycles. The van der Waals surface area contributed by atoms with E-state index in [0.29, 0.717) is 21.8 Å². The Labute approximate surface area is 136 Å². The molecular formula is C15H21Cl2N3O. The maximum absolute atomic E-state index is 12.3. The molecule has 2 rings (SSSR count). The summed E-state index contributed by atoms with van der Waals surface area (Å²) in [5.74, 6) is 0. The topological polar surface area (TPSA) is 35.6 Å². The number of halogens is 2. The molecule has 21 heavy (non-hydrogen) atoms. The van der Waals surface area contributed by atoms with E-state index >= 15 is 0 Å². The zero-order chi connectivity index (χ0) is 15.4. The van der Waals surface area contributed by atoms with Gasteiger partial charge in [0.05, 0.1) is 10.0 Å². The first-order valence-corrected chi connectivity index (χ1v) is 7.90. The van der Waals surface area contributed by atoms with E-state index in [1.165, 1.54) is 0 Å². The van der Waals surface area contributed by atoms with Crippen molar-refractivity contribution < 1.29 is 4.79 Å². The first-order chi connectivity index (χ1) is 9.97. The van der Waals surface area contributed by atoms with E-state index in [1.54, 1.807) is 18.2 Å². The van der Waals surface area contributed by atoms with Crippen LogP contribution in [-0.2, 0) is 0 Å². The van der Waals surface area contributed by atoms with Crippen LogP contribution in [-0.4, -0.2) is 49.1 Å². The third-order valence-corrected chi connectivity index (χ3v) is 4.63. The van der Waals surface area contributed by atoms with Crippen LogP contribution in [0.3, 0.4) is 0 Å². The fraction of sp³-hybridized carbons (Fsp3) is 0.533. The molecule has 0 aliphatic carbocycles. The molecule has 1 fully saturated rings. The van der Waals surface area contributed by atoms with E-state index in [-0.39, 0.29) is 6.03 Å². The van der Waals surface area contributed by atoms with Gasteiger partial charge in [-0.15, -0.1) is 0 Å². The summed E-state index contributed by atoms with van der Waals surface area (Å²) in [5.41, 5.74) is 0.669. The first kappa shape index (κ1) is 16.4. The number of anilines is 1. The van der Waals surface area contributed by atoms with Gasteiger partial charge in [0.25, 0.3) is 0 Å². The van der Waals surface area contributed by atoms with E-state index < -0.39 is 0 Å². The Hall–Kier alpha value is -0.970. The Kier molecular flexibility index (Phi) is 5.73. The lowest BCUT2D eigenvalue weighted by Crippen LogP contribution is -2.36. The minimum atomic E-state index is -0.0761. The van der Waals surface area contributed by atoms with Crippen molar-refractivity contribution in [3.8, 4) is 0 Å². The van der Waals surface area contributed by atoms with Crippen LogP contribution >= 0.6 is 23.2 Å². The van der Waals surface area contributed by atoms with Crippen LogP contribution in [0.15, 0.2) is 18.2 Å². The standard InChI is InChI=1S/C15H21Cl2N3O/c1-19(2)12-4-3-8-20(9-7-12)15(21)18-11-5-6-13(16)14(17)10-11/h5-6,10,12H,3-4,7-9H2,1-2H3,(H,18,21)/t12-/m0/s1. The molecule has 1 heterocycles. The highest BCUT2D eigenvalue weighted by Crippen LogP contribution is 2.25. The van der Waals surface area contributed by atoms with Crippen molar-refractivity contribution in [1.29, 1.82) is 0 Å². The lowest BCUT2D eigenvalue weighted by atomic mass is 10.1. The van der Waals surface area contributed by atoms with Gasteiger partial charge in [-0.1, -0.05) is 23.2 Å². The SMILES string of the molecule is CN(C)[C@H]1CCCN(C(=O)Nc2ccc(Cl)c(Cl)c2)CC1. The van der Waals surface area contributed by atoms with Gasteiger partial charge >= 0.3 is 6.03 Å².